The molecule has 0 radical (unpaired) electrons. The highest BCUT2D eigenvalue weighted by Crippen LogP contribution is 2.60. The van der Waals surface area contributed by atoms with E-state index in [0.29, 0.717) is 12.0 Å². The third-order valence-electron chi connectivity index (χ3n) is 7.81. The maximum atomic E-state index is 12.2. The van der Waals surface area contributed by atoms with E-state index in [9.17, 15) is 15.0 Å². The van der Waals surface area contributed by atoms with Crippen molar-refractivity contribution in [1.82, 2.24) is 10.6 Å². The second-order valence-corrected chi connectivity index (χ2v) is 10.2. The number of ether oxygens (including phenoxy) is 1. The van der Waals surface area contributed by atoms with Crippen LogP contribution in [0.25, 0.3) is 0 Å². The molecule has 5 aliphatic rings. The van der Waals surface area contributed by atoms with Gasteiger partial charge >= 0.3 is 0 Å². The van der Waals surface area contributed by atoms with Crippen LogP contribution in [0.4, 0.5) is 0 Å². The number of hydrogen-bond acceptors (Lipinski definition) is 6. The molecule has 7 nitrogen and oxygen atoms in total. The molecule has 1 heterocycles. The molecule has 7 heteroatoms. The smallest absolute Gasteiger partial charge is 0.239 e. The second kappa shape index (κ2) is 9.18. The lowest BCUT2D eigenvalue weighted by atomic mass is 9.50. The Morgan fingerprint density at radius 1 is 1.00 bits per heavy atom. The minimum Gasteiger partial charge on any atom is -0.395 e. The van der Waals surface area contributed by atoms with Crippen molar-refractivity contribution in [2.45, 2.75) is 82.1 Å². The van der Waals surface area contributed by atoms with Crippen molar-refractivity contribution in [3.05, 3.63) is 0 Å². The van der Waals surface area contributed by atoms with Gasteiger partial charge in [0.1, 0.15) is 12.1 Å². The van der Waals surface area contributed by atoms with Crippen molar-refractivity contribution in [3.63, 3.8) is 0 Å². The van der Waals surface area contributed by atoms with Crippen LogP contribution < -0.4 is 10.6 Å². The molecule has 4 saturated carbocycles. The van der Waals surface area contributed by atoms with E-state index >= 15 is 0 Å². The first-order valence-corrected chi connectivity index (χ1v) is 11.6. The van der Waals surface area contributed by atoms with Gasteiger partial charge in [-0.1, -0.05) is 0 Å². The van der Waals surface area contributed by atoms with Crippen molar-refractivity contribution < 1.29 is 24.9 Å². The van der Waals surface area contributed by atoms with Gasteiger partial charge in [0.15, 0.2) is 0 Å². The Morgan fingerprint density at radius 3 is 2.24 bits per heavy atom. The first kappa shape index (κ1) is 21.5. The van der Waals surface area contributed by atoms with Crippen molar-refractivity contribution in [3.8, 4) is 0 Å². The SMILES string of the molecule is O=C(NCCCCCOCC12CC3CC(CC(C3)C1)C2)[C@@H]1N[C@H](CO)[C@H](O)[C@@H]1O. The number of rotatable bonds is 10. The maximum Gasteiger partial charge on any atom is 0.239 e. The first-order valence-electron chi connectivity index (χ1n) is 11.6. The Kier molecular flexibility index (Phi) is 6.81. The Balaban J connectivity index is 1.05. The van der Waals surface area contributed by atoms with E-state index in [0.717, 1.165) is 50.2 Å². The summed E-state index contributed by atoms with van der Waals surface area (Å²) >= 11 is 0. The van der Waals surface area contributed by atoms with E-state index < -0.39 is 24.3 Å². The average Bonchev–Trinajstić information content (AvgIpc) is 2.97. The fourth-order valence-corrected chi connectivity index (χ4v) is 6.84. The molecule has 0 spiro atoms. The summed E-state index contributed by atoms with van der Waals surface area (Å²) in [6, 6.07) is -1.53. The Hall–Kier alpha value is -0.730. The summed E-state index contributed by atoms with van der Waals surface area (Å²) in [5.74, 6) is 2.57. The molecule has 0 aromatic carbocycles. The number of nitrogens with one attached hydrogen (secondary N) is 2. The monoisotopic (exact) mass is 410 g/mol. The zero-order valence-corrected chi connectivity index (χ0v) is 17.4. The molecule has 4 aliphatic carbocycles. The summed E-state index contributed by atoms with van der Waals surface area (Å²) < 4.78 is 6.10. The molecule has 5 fully saturated rings. The van der Waals surface area contributed by atoms with Crippen LogP contribution in [-0.4, -0.2) is 71.9 Å². The molecule has 1 saturated heterocycles. The van der Waals surface area contributed by atoms with E-state index in [-0.39, 0.29) is 12.5 Å². The number of aliphatic hydroxyl groups excluding tert-OH is 3. The summed E-state index contributed by atoms with van der Waals surface area (Å²) in [6.45, 7) is 1.96. The van der Waals surface area contributed by atoms with E-state index in [1.165, 1.54) is 38.5 Å². The topological polar surface area (TPSA) is 111 Å². The molecule has 0 aromatic heterocycles. The summed E-state index contributed by atoms with van der Waals surface area (Å²) in [7, 11) is 0. The van der Waals surface area contributed by atoms with Crippen LogP contribution in [0, 0.1) is 23.2 Å². The predicted molar refractivity (Wildman–Crippen MR) is 108 cm³/mol. The van der Waals surface area contributed by atoms with Crippen LogP contribution in [0.3, 0.4) is 0 Å². The van der Waals surface area contributed by atoms with Crippen molar-refractivity contribution >= 4 is 5.91 Å². The molecule has 4 atom stereocenters. The number of amides is 1. The van der Waals surface area contributed by atoms with Crippen LogP contribution >= 0.6 is 0 Å². The van der Waals surface area contributed by atoms with Gasteiger partial charge < -0.3 is 25.4 Å². The van der Waals surface area contributed by atoms with Gasteiger partial charge in [0.2, 0.25) is 5.91 Å². The standard InChI is InChI=1S/C22H38N2O5/c25-12-17-19(26)20(27)18(24-17)21(28)23-4-2-1-3-5-29-13-22-9-14-6-15(10-22)8-16(7-14)11-22/h14-20,24-27H,1-13H2,(H,23,28)/t14?,15?,16?,17-,18-,19+,20-,22?/m1/s1. The molecule has 5 rings (SSSR count). The van der Waals surface area contributed by atoms with Crippen LogP contribution in [0.15, 0.2) is 0 Å². The van der Waals surface area contributed by atoms with Gasteiger partial charge in [-0.15, -0.1) is 0 Å². The fraction of sp³-hybridized carbons (Fsp3) is 0.955. The molecular weight excluding hydrogens is 372 g/mol. The molecule has 5 N–H and O–H groups in total. The molecule has 0 unspecified atom stereocenters. The summed E-state index contributed by atoms with van der Waals surface area (Å²) in [4.78, 5) is 12.2. The number of hydrogen-bond donors (Lipinski definition) is 5. The summed E-state index contributed by atoms with van der Waals surface area (Å²) in [6.07, 6.45) is 9.11. The van der Waals surface area contributed by atoms with Crippen LogP contribution in [-0.2, 0) is 9.53 Å². The lowest BCUT2D eigenvalue weighted by molar-refractivity contribution is -0.125. The van der Waals surface area contributed by atoms with Gasteiger partial charge in [0.05, 0.1) is 25.4 Å². The predicted octanol–water partition coefficient (Wildman–Crippen LogP) is 0.560. The molecule has 1 aliphatic heterocycles. The van der Waals surface area contributed by atoms with Crippen molar-refractivity contribution in [1.29, 1.82) is 0 Å². The largest absolute Gasteiger partial charge is 0.395 e. The molecular formula is C22H38N2O5. The third-order valence-corrected chi connectivity index (χ3v) is 7.81. The van der Waals surface area contributed by atoms with Crippen molar-refractivity contribution in [2.24, 2.45) is 23.2 Å². The number of carbonyl (C=O) groups excluding carboxylic acids is 1. The zero-order chi connectivity index (χ0) is 20.4. The normalized spacial score (nSPS) is 43.1. The Labute approximate surface area is 173 Å². The molecule has 1 amide bonds. The van der Waals surface area contributed by atoms with Gasteiger partial charge in [-0.25, -0.2) is 0 Å². The first-order chi connectivity index (χ1) is 14.0. The number of carbonyl (C=O) groups is 1. The van der Waals surface area contributed by atoms with Crippen LogP contribution in [0.2, 0.25) is 0 Å². The van der Waals surface area contributed by atoms with Gasteiger partial charge in [0.25, 0.3) is 0 Å². The van der Waals surface area contributed by atoms with E-state index in [1.807, 2.05) is 0 Å². The van der Waals surface area contributed by atoms with E-state index in [2.05, 4.69) is 10.6 Å². The minimum atomic E-state index is -1.19. The number of aliphatic hydroxyl groups is 3. The maximum absolute atomic E-state index is 12.2. The highest BCUT2D eigenvalue weighted by atomic mass is 16.5. The van der Waals surface area contributed by atoms with Gasteiger partial charge in [0, 0.05) is 13.2 Å². The third kappa shape index (κ3) is 4.79. The fourth-order valence-electron chi connectivity index (χ4n) is 6.84. The Bertz CT molecular complexity index is 536. The van der Waals surface area contributed by atoms with E-state index in [1.54, 1.807) is 0 Å². The molecule has 29 heavy (non-hydrogen) atoms. The minimum absolute atomic E-state index is 0.314. The molecule has 4 bridgehead atoms. The second-order valence-electron chi connectivity index (χ2n) is 10.2. The zero-order valence-electron chi connectivity index (χ0n) is 17.4. The molecule has 0 aromatic rings. The van der Waals surface area contributed by atoms with Gasteiger partial charge in [-0.2, -0.15) is 0 Å². The van der Waals surface area contributed by atoms with Crippen LogP contribution in [0.1, 0.15) is 57.8 Å². The highest BCUT2D eigenvalue weighted by Gasteiger charge is 2.50. The Morgan fingerprint density at radius 2 is 1.66 bits per heavy atom. The van der Waals surface area contributed by atoms with Gasteiger partial charge in [-0.3, -0.25) is 10.1 Å². The quantitative estimate of drug-likeness (QED) is 0.337. The number of unbranched alkanes of at least 4 members (excludes halogenated alkanes) is 2. The average molecular weight is 411 g/mol. The highest BCUT2D eigenvalue weighted by molar-refractivity contribution is 5.83. The summed E-state index contributed by atoms with van der Waals surface area (Å²) in [5, 5.41) is 34.4. The molecule has 166 valence electrons. The van der Waals surface area contributed by atoms with Gasteiger partial charge in [-0.05, 0) is 81.0 Å². The lowest BCUT2D eigenvalue weighted by Gasteiger charge is -2.56. The van der Waals surface area contributed by atoms with Crippen molar-refractivity contribution in [2.75, 3.05) is 26.4 Å². The van der Waals surface area contributed by atoms with E-state index in [4.69, 9.17) is 9.84 Å². The summed E-state index contributed by atoms with van der Waals surface area (Å²) in [5.41, 5.74) is 0.481. The van der Waals surface area contributed by atoms with Crippen LogP contribution in [0.5, 0.6) is 0 Å². The lowest BCUT2D eigenvalue weighted by Crippen LogP contribution is -2.48.